The predicted octanol–water partition coefficient (Wildman–Crippen LogP) is 4.06. The van der Waals surface area contributed by atoms with Crippen LogP contribution in [-0.2, 0) is 11.2 Å². The summed E-state index contributed by atoms with van der Waals surface area (Å²) in [6.45, 7) is 2.69. The zero-order valence-electron chi connectivity index (χ0n) is 12.9. The van der Waals surface area contributed by atoms with Crippen molar-refractivity contribution in [2.75, 3.05) is 12.3 Å². The van der Waals surface area contributed by atoms with Gasteiger partial charge in [0.1, 0.15) is 0 Å². The summed E-state index contributed by atoms with van der Waals surface area (Å²) in [5, 5.41) is 4.04. The number of nitrogens with zero attached hydrogens (tertiary/aromatic N) is 1. The maximum absolute atomic E-state index is 11.9. The largest absolute Gasteiger partial charge is 0.355 e. The van der Waals surface area contributed by atoms with Gasteiger partial charge in [0, 0.05) is 17.9 Å². The Labute approximate surface area is 144 Å². The number of para-hydroxylation sites is 1. The van der Waals surface area contributed by atoms with Gasteiger partial charge in [0.15, 0.2) is 0 Å². The van der Waals surface area contributed by atoms with Crippen LogP contribution in [0.5, 0.6) is 0 Å². The molecule has 0 bridgehead atoms. The van der Waals surface area contributed by atoms with Crippen LogP contribution in [0, 0.1) is 6.92 Å². The van der Waals surface area contributed by atoms with E-state index in [1.54, 1.807) is 23.1 Å². The number of rotatable bonds is 6. The Morgan fingerprint density at radius 1 is 1.17 bits per heavy atom. The third kappa shape index (κ3) is 4.33. The molecule has 0 atom stereocenters. The molecule has 3 nitrogen and oxygen atoms in total. The molecule has 0 aliphatic heterocycles. The Morgan fingerprint density at radius 3 is 2.78 bits per heavy atom. The molecule has 0 saturated heterocycles. The Hall–Kier alpha value is -1.85. The topological polar surface area (TPSA) is 42.0 Å². The number of hydrogen-bond donors (Lipinski definition) is 1. The minimum Gasteiger partial charge on any atom is -0.355 e. The van der Waals surface area contributed by atoms with Crippen LogP contribution in [0.15, 0.2) is 53.4 Å². The second kappa shape index (κ2) is 7.62. The average molecular weight is 342 g/mol. The quantitative estimate of drug-likeness (QED) is 0.687. The fourth-order valence-electron chi connectivity index (χ4n) is 2.25. The predicted molar refractivity (Wildman–Crippen MR) is 98.2 cm³/mol. The number of hydrogen-bond acceptors (Lipinski definition) is 4. The smallest absolute Gasteiger partial charge is 0.230 e. The van der Waals surface area contributed by atoms with Crippen molar-refractivity contribution in [2.45, 2.75) is 18.2 Å². The number of thiazole rings is 1. The molecule has 0 aliphatic rings. The third-order valence-electron chi connectivity index (χ3n) is 3.45. The maximum Gasteiger partial charge on any atom is 0.230 e. The zero-order valence-corrected chi connectivity index (χ0v) is 14.5. The fraction of sp³-hybridized carbons (Fsp3) is 0.222. The first-order chi connectivity index (χ1) is 11.2. The van der Waals surface area contributed by atoms with E-state index in [1.807, 2.05) is 30.3 Å². The molecular formula is C18H18N2OS2. The Kier molecular flexibility index (Phi) is 5.31. The zero-order chi connectivity index (χ0) is 16.1. The molecule has 0 spiro atoms. The van der Waals surface area contributed by atoms with E-state index in [2.05, 4.69) is 35.4 Å². The van der Waals surface area contributed by atoms with E-state index < -0.39 is 0 Å². The molecule has 1 N–H and O–H groups in total. The van der Waals surface area contributed by atoms with Crippen LogP contribution < -0.4 is 5.32 Å². The van der Waals surface area contributed by atoms with Crippen LogP contribution in [0.3, 0.4) is 0 Å². The highest BCUT2D eigenvalue weighted by Gasteiger charge is 2.06. The number of benzene rings is 2. The van der Waals surface area contributed by atoms with Crippen molar-refractivity contribution in [3.8, 4) is 0 Å². The number of amides is 1. The number of carbonyl (C=O) groups excluding carboxylic acids is 1. The first-order valence-electron chi connectivity index (χ1n) is 7.52. The number of nitrogens with one attached hydrogen (secondary N) is 1. The molecule has 1 aromatic heterocycles. The van der Waals surface area contributed by atoms with Crippen LogP contribution in [-0.4, -0.2) is 23.2 Å². The highest BCUT2D eigenvalue weighted by Crippen LogP contribution is 2.22. The number of fused-ring (bicyclic) bond motifs is 1. The number of thioether (sulfide) groups is 1. The van der Waals surface area contributed by atoms with Gasteiger partial charge in [0.25, 0.3) is 0 Å². The van der Waals surface area contributed by atoms with E-state index in [-0.39, 0.29) is 5.91 Å². The molecule has 3 rings (SSSR count). The van der Waals surface area contributed by atoms with Gasteiger partial charge in [0.05, 0.1) is 21.0 Å². The second-order valence-electron chi connectivity index (χ2n) is 5.23. The van der Waals surface area contributed by atoms with Crippen LogP contribution in [0.2, 0.25) is 0 Å². The van der Waals surface area contributed by atoms with Crippen molar-refractivity contribution < 1.29 is 4.79 Å². The molecule has 118 valence electrons. The van der Waals surface area contributed by atoms with Crippen LogP contribution in [0.1, 0.15) is 10.6 Å². The highest BCUT2D eigenvalue weighted by molar-refractivity contribution is 8.00. The van der Waals surface area contributed by atoms with E-state index in [1.165, 1.54) is 10.3 Å². The minimum atomic E-state index is 0.0689. The lowest BCUT2D eigenvalue weighted by molar-refractivity contribution is -0.118. The first kappa shape index (κ1) is 16.0. The maximum atomic E-state index is 11.9. The van der Waals surface area contributed by atoms with Crippen LogP contribution in [0.25, 0.3) is 10.2 Å². The Balaban J connectivity index is 1.45. The molecule has 2 aromatic carbocycles. The SMILES string of the molecule is Cc1ccccc1SCC(=O)NCCc1nc2ccccc2s1. The third-order valence-corrected chi connectivity index (χ3v) is 5.72. The first-order valence-corrected chi connectivity index (χ1v) is 9.32. The Morgan fingerprint density at radius 2 is 1.96 bits per heavy atom. The monoisotopic (exact) mass is 342 g/mol. The van der Waals surface area contributed by atoms with Gasteiger partial charge in [-0.05, 0) is 30.7 Å². The van der Waals surface area contributed by atoms with Crippen LogP contribution >= 0.6 is 23.1 Å². The lowest BCUT2D eigenvalue weighted by Gasteiger charge is -2.06. The van der Waals surface area contributed by atoms with Crippen molar-refractivity contribution in [2.24, 2.45) is 0 Å². The summed E-state index contributed by atoms with van der Waals surface area (Å²) in [6.07, 6.45) is 0.778. The van der Waals surface area contributed by atoms with E-state index >= 15 is 0 Å². The second-order valence-corrected chi connectivity index (χ2v) is 7.36. The average Bonchev–Trinajstić information content (AvgIpc) is 2.97. The van der Waals surface area contributed by atoms with Gasteiger partial charge >= 0.3 is 0 Å². The summed E-state index contributed by atoms with van der Waals surface area (Å²) in [5.74, 6) is 0.518. The molecule has 23 heavy (non-hydrogen) atoms. The van der Waals surface area contributed by atoms with Crippen molar-refractivity contribution in [1.29, 1.82) is 0 Å². The number of aromatic nitrogens is 1. The molecule has 0 unspecified atom stereocenters. The molecule has 0 aliphatic carbocycles. The summed E-state index contributed by atoms with van der Waals surface area (Å²) >= 11 is 3.27. The van der Waals surface area contributed by atoms with E-state index in [0.717, 1.165) is 21.8 Å². The fourth-order valence-corrected chi connectivity index (χ4v) is 4.07. The minimum absolute atomic E-state index is 0.0689. The van der Waals surface area contributed by atoms with Gasteiger partial charge in [-0.3, -0.25) is 4.79 Å². The molecule has 0 radical (unpaired) electrons. The van der Waals surface area contributed by atoms with Crippen molar-refractivity contribution in [3.63, 3.8) is 0 Å². The molecule has 5 heteroatoms. The van der Waals surface area contributed by atoms with E-state index in [9.17, 15) is 4.79 Å². The van der Waals surface area contributed by atoms with E-state index in [0.29, 0.717) is 12.3 Å². The van der Waals surface area contributed by atoms with Gasteiger partial charge in [-0.1, -0.05) is 30.3 Å². The van der Waals surface area contributed by atoms with Gasteiger partial charge in [-0.15, -0.1) is 23.1 Å². The summed E-state index contributed by atoms with van der Waals surface area (Å²) in [6, 6.07) is 16.2. The van der Waals surface area contributed by atoms with Gasteiger partial charge in [0.2, 0.25) is 5.91 Å². The summed E-state index contributed by atoms with van der Waals surface area (Å²) in [5.41, 5.74) is 2.24. The molecule has 1 heterocycles. The molecule has 1 amide bonds. The normalized spacial score (nSPS) is 10.8. The molecular weight excluding hydrogens is 324 g/mol. The number of carbonyl (C=O) groups is 1. The molecule has 0 saturated carbocycles. The van der Waals surface area contributed by atoms with Crippen LogP contribution in [0.4, 0.5) is 0 Å². The lowest BCUT2D eigenvalue weighted by atomic mass is 10.2. The number of aryl methyl sites for hydroxylation is 1. The summed E-state index contributed by atoms with van der Waals surface area (Å²) in [7, 11) is 0. The van der Waals surface area contributed by atoms with Gasteiger partial charge in [-0.2, -0.15) is 0 Å². The molecule has 3 aromatic rings. The summed E-state index contributed by atoms with van der Waals surface area (Å²) < 4.78 is 1.20. The van der Waals surface area contributed by atoms with Crippen molar-refractivity contribution >= 4 is 39.2 Å². The van der Waals surface area contributed by atoms with Crippen molar-refractivity contribution in [1.82, 2.24) is 10.3 Å². The lowest BCUT2D eigenvalue weighted by Crippen LogP contribution is -2.27. The van der Waals surface area contributed by atoms with Crippen molar-refractivity contribution in [3.05, 3.63) is 59.1 Å². The highest BCUT2D eigenvalue weighted by atomic mass is 32.2. The van der Waals surface area contributed by atoms with Gasteiger partial charge < -0.3 is 5.32 Å². The summed E-state index contributed by atoms with van der Waals surface area (Å²) in [4.78, 5) is 17.7. The standard InChI is InChI=1S/C18H18N2OS2/c1-13-6-2-4-8-15(13)22-12-17(21)19-11-10-18-20-14-7-3-5-9-16(14)23-18/h2-9H,10-12H2,1H3,(H,19,21). The molecule has 0 fully saturated rings. The van der Waals surface area contributed by atoms with E-state index in [4.69, 9.17) is 0 Å². The van der Waals surface area contributed by atoms with Gasteiger partial charge in [-0.25, -0.2) is 4.98 Å². The Bertz CT molecular complexity index is 780.